The van der Waals surface area contributed by atoms with Crippen molar-refractivity contribution in [3.8, 4) is 45.3 Å². The maximum Gasteiger partial charge on any atom is 2.00 e. The Morgan fingerprint density at radius 3 is 1.38 bits per heavy atom. The van der Waals surface area contributed by atoms with Crippen molar-refractivity contribution in [3.05, 3.63) is 98.8 Å². The third-order valence-electron chi connectivity index (χ3n) is 8.50. The summed E-state index contributed by atoms with van der Waals surface area (Å²) in [5, 5.41) is 1.97. The second-order valence-electron chi connectivity index (χ2n) is 11.7. The summed E-state index contributed by atoms with van der Waals surface area (Å²) < 4.78 is 19.2. The van der Waals surface area contributed by atoms with Crippen molar-refractivity contribution in [2.24, 2.45) is 28.2 Å². The van der Waals surface area contributed by atoms with Crippen LogP contribution < -0.4 is 9.97 Å². The minimum absolute atomic E-state index is 0. The molecule has 0 saturated carbocycles. The zero-order chi connectivity index (χ0) is 32.5. The fraction of sp³-hybridized carbons (Fsp3) is 0.111. The average molecular weight is 1020 g/mol. The SMILES string of the molecule is Cn1[c-]nc(-c2coc3c2[n-]c2c(-c4nccn4C)cccc23)c1.Cn1[c-]nc(-c2coc3c2[n-]c2c(-c4nccn4C)cccc23)c1.[Pt+2].[Pt+2]. The van der Waals surface area contributed by atoms with E-state index in [1.54, 1.807) is 34.1 Å². The van der Waals surface area contributed by atoms with Crippen LogP contribution in [0, 0.1) is 12.7 Å². The zero-order valence-electron chi connectivity index (χ0n) is 27.0. The third-order valence-corrected chi connectivity index (χ3v) is 8.50. The van der Waals surface area contributed by atoms with Crippen molar-refractivity contribution >= 4 is 44.0 Å². The van der Waals surface area contributed by atoms with Crippen molar-refractivity contribution in [2.75, 3.05) is 0 Å². The van der Waals surface area contributed by atoms with E-state index in [0.29, 0.717) is 0 Å². The Bertz CT molecular complexity index is 2570. The topological polar surface area (TPSA) is 126 Å². The van der Waals surface area contributed by atoms with E-state index < -0.39 is 0 Å². The van der Waals surface area contributed by atoms with E-state index in [4.69, 9.17) is 18.8 Å². The monoisotopic (exact) mass is 1020 g/mol. The van der Waals surface area contributed by atoms with Gasteiger partial charge in [0, 0.05) is 73.4 Å². The molecule has 0 aliphatic rings. The van der Waals surface area contributed by atoms with Crippen molar-refractivity contribution in [1.82, 2.24) is 48.2 Å². The van der Waals surface area contributed by atoms with Crippen LogP contribution in [0.25, 0.3) is 89.3 Å². The van der Waals surface area contributed by atoms with Crippen LogP contribution in [0.5, 0.6) is 0 Å². The molecule has 0 fully saturated rings. The molecule has 8 aromatic heterocycles. The number of hydrogen-bond donors (Lipinski definition) is 0. The molecule has 14 heteroatoms. The molecule has 0 aliphatic carbocycles. The minimum atomic E-state index is 0. The summed E-state index contributed by atoms with van der Waals surface area (Å²) in [6.07, 6.45) is 20.4. The van der Waals surface area contributed by atoms with Gasteiger partial charge >= 0.3 is 42.1 Å². The minimum Gasteiger partial charge on any atom is -0.654 e. The molecule has 50 heavy (non-hydrogen) atoms. The molecule has 0 unspecified atom stereocenters. The first kappa shape index (κ1) is 33.3. The largest absolute Gasteiger partial charge is 2.00 e. The molecule has 12 nitrogen and oxygen atoms in total. The number of rotatable bonds is 4. The van der Waals surface area contributed by atoms with Gasteiger partial charge in [-0.1, -0.05) is 58.8 Å². The Kier molecular flexibility index (Phi) is 8.62. The van der Waals surface area contributed by atoms with Gasteiger partial charge in [0.1, 0.15) is 22.8 Å². The van der Waals surface area contributed by atoms with Gasteiger partial charge in [0.05, 0.1) is 12.5 Å². The van der Waals surface area contributed by atoms with Gasteiger partial charge in [-0.05, 0) is 25.2 Å². The number of imidazole rings is 4. The first-order valence-corrected chi connectivity index (χ1v) is 15.2. The van der Waals surface area contributed by atoms with E-state index in [-0.39, 0.29) is 42.1 Å². The maximum absolute atomic E-state index is 5.82. The first-order valence-electron chi connectivity index (χ1n) is 15.2. The summed E-state index contributed by atoms with van der Waals surface area (Å²) in [5.74, 6) is 1.77. The molecule has 10 rings (SSSR count). The summed E-state index contributed by atoms with van der Waals surface area (Å²) in [6.45, 7) is 0. The van der Waals surface area contributed by atoms with Crippen molar-refractivity contribution in [1.29, 1.82) is 0 Å². The van der Waals surface area contributed by atoms with Gasteiger partial charge in [-0.3, -0.25) is 0 Å². The van der Waals surface area contributed by atoms with Gasteiger partial charge in [0.15, 0.2) is 0 Å². The van der Waals surface area contributed by atoms with Crippen LogP contribution in [0.1, 0.15) is 0 Å². The molecule has 0 aliphatic heterocycles. The predicted octanol–water partition coefficient (Wildman–Crippen LogP) is 6.28. The second-order valence-corrected chi connectivity index (χ2v) is 11.7. The van der Waals surface area contributed by atoms with E-state index in [1.165, 1.54) is 0 Å². The van der Waals surface area contributed by atoms with E-state index in [9.17, 15) is 0 Å². The summed E-state index contributed by atoms with van der Waals surface area (Å²) in [4.78, 5) is 27.2. The fourth-order valence-corrected chi connectivity index (χ4v) is 6.21. The molecule has 0 spiro atoms. The molecule has 10 aromatic rings. The summed E-state index contributed by atoms with van der Waals surface area (Å²) >= 11 is 0. The van der Waals surface area contributed by atoms with Gasteiger partial charge in [-0.25, -0.2) is 9.97 Å². The molecule has 0 radical (unpaired) electrons. The van der Waals surface area contributed by atoms with Crippen LogP contribution in [0.3, 0.4) is 0 Å². The van der Waals surface area contributed by atoms with Crippen molar-refractivity contribution in [3.63, 3.8) is 0 Å². The van der Waals surface area contributed by atoms with E-state index in [0.717, 1.165) is 89.3 Å². The summed E-state index contributed by atoms with van der Waals surface area (Å²) in [6, 6.07) is 12.1. The Morgan fingerprint density at radius 2 is 1.02 bits per heavy atom. The Hall–Kier alpha value is -5.18. The second kappa shape index (κ2) is 12.9. The van der Waals surface area contributed by atoms with Crippen LogP contribution in [-0.2, 0) is 70.3 Å². The number of aromatic nitrogens is 10. The Labute approximate surface area is 313 Å². The number of furan rings is 2. The van der Waals surface area contributed by atoms with Crippen LogP contribution in [0.15, 0.2) is 94.9 Å². The normalized spacial score (nSPS) is 11.3. The number of fused-ring (bicyclic) bond motifs is 6. The molecule has 0 amide bonds. The smallest absolute Gasteiger partial charge is 0.654 e. The molecule has 0 bridgehead atoms. The van der Waals surface area contributed by atoms with Crippen molar-refractivity contribution in [2.45, 2.75) is 0 Å². The number of benzene rings is 2. The van der Waals surface area contributed by atoms with Crippen LogP contribution in [-0.4, -0.2) is 38.2 Å². The van der Waals surface area contributed by atoms with Crippen LogP contribution in [0.2, 0.25) is 0 Å². The third kappa shape index (κ3) is 5.30. The first-order chi connectivity index (χ1) is 23.4. The molecule has 252 valence electrons. The number of aryl methyl sites for hydroxylation is 4. The Morgan fingerprint density at radius 1 is 0.580 bits per heavy atom. The summed E-state index contributed by atoms with van der Waals surface area (Å²) in [7, 11) is 7.73. The van der Waals surface area contributed by atoms with E-state index in [1.807, 2.05) is 98.5 Å². The predicted molar refractivity (Wildman–Crippen MR) is 181 cm³/mol. The van der Waals surface area contributed by atoms with Crippen LogP contribution in [0.4, 0.5) is 0 Å². The maximum atomic E-state index is 5.82. The van der Waals surface area contributed by atoms with Crippen LogP contribution >= 0.6 is 0 Å². The standard InChI is InChI=1S/2C18H13N5O.2Pt/c2*1-22-8-14(20-10-22)13-9-24-17-11-4-3-5-12(15(11)21-16(13)17)18-19-6-7-23(18)2;;/h2*3-9H,1-2H3;;/q2*-2;2*+2. The number of hydrogen-bond acceptors (Lipinski definition) is 6. The van der Waals surface area contributed by atoms with E-state index >= 15 is 0 Å². The molecule has 0 saturated heterocycles. The fourth-order valence-electron chi connectivity index (χ4n) is 6.21. The van der Waals surface area contributed by atoms with E-state index in [2.05, 4.69) is 32.6 Å². The molecular formula is C36H26N10O2Pt2. The van der Waals surface area contributed by atoms with Crippen molar-refractivity contribution < 1.29 is 51.0 Å². The van der Waals surface area contributed by atoms with Gasteiger partial charge in [-0.15, -0.1) is 23.4 Å². The average Bonchev–Trinajstić information content (AvgIpc) is 3.91. The molecular weight excluding hydrogens is 995 g/mol. The molecule has 2 aromatic carbocycles. The Balaban J connectivity index is 0.000000151. The zero-order valence-corrected chi connectivity index (χ0v) is 31.5. The number of para-hydroxylation sites is 2. The van der Waals surface area contributed by atoms with Gasteiger partial charge in [0.25, 0.3) is 0 Å². The van der Waals surface area contributed by atoms with Gasteiger partial charge < -0.3 is 47.0 Å². The quantitative estimate of drug-likeness (QED) is 0.189. The molecule has 8 heterocycles. The van der Waals surface area contributed by atoms with Gasteiger partial charge in [0.2, 0.25) is 0 Å². The van der Waals surface area contributed by atoms with Gasteiger partial charge in [-0.2, -0.15) is 0 Å². The number of nitrogens with zero attached hydrogens (tertiary/aromatic N) is 10. The molecule has 0 atom stereocenters. The molecule has 0 N–H and O–H groups in total. The summed E-state index contributed by atoms with van der Waals surface area (Å²) in [5.41, 5.74) is 10.3.